The van der Waals surface area contributed by atoms with Crippen LogP contribution in [0.4, 0.5) is 4.39 Å². The molecule has 1 aromatic carbocycles. The highest BCUT2D eigenvalue weighted by atomic mass is 35.5. The minimum Gasteiger partial charge on any atom is -0.378 e. The van der Waals surface area contributed by atoms with Gasteiger partial charge < -0.3 is 5.11 Å². The van der Waals surface area contributed by atoms with Crippen molar-refractivity contribution < 1.29 is 9.50 Å². The zero-order valence-electron chi connectivity index (χ0n) is 7.94. The Bertz CT molecular complexity index is 396. The Hall–Kier alpha value is -1.04. The van der Waals surface area contributed by atoms with E-state index >= 15 is 0 Å². The molecule has 0 aliphatic rings. The molecule has 0 aromatic heterocycles. The number of halogens is 2. The summed E-state index contributed by atoms with van der Waals surface area (Å²) in [6.07, 6.45) is 0. The van der Waals surface area contributed by atoms with Gasteiger partial charge in [0.15, 0.2) is 0 Å². The Morgan fingerprint density at radius 3 is 2.64 bits per heavy atom. The maximum atomic E-state index is 12.8. The molecule has 74 valence electrons. The van der Waals surface area contributed by atoms with Gasteiger partial charge in [-0.2, -0.15) is 0 Å². The third kappa shape index (κ3) is 3.37. The monoisotopic (exact) mass is 212 g/mol. The first-order valence-electron chi connectivity index (χ1n) is 4.09. The van der Waals surface area contributed by atoms with E-state index < -0.39 is 11.4 Å². The van der Waals surface area contributed by atoms with Crippen molar-refractivity contribution in [1.29, 1.82) is 0 Å². The van der Waals surface area contributed by atoms with Gasteiger partial charge in [0, 0.05) is 5.56 Å². The lowest BCUT2D eigenvalue weighted by Crippen LogP contribution is -2.14. The highest BCUT2D eigenvalue weighted by molar-refractivity contribution is 6.31. The average molecular weight is 213 g/mol. The maximum absolute atomic E-state index is 12.8. The molecule has 0 saturated carbocycles. The Kier molecular flexibility index (Phi) is 3.15. The predicted octanol–water partition coefficient (Wildman–Crippen LogP) is 2.60. The fourth-order valence-corrected chi connectivity index (χ4v) is 0.978. The summed E-state index contributed by atoms with van der Waals surface area (Å²) in [5.74, 6) is 4.79. The Morgan fingerprint density at radius 2 is 2.07 bits per heavy atom. The molecule has 0 aliphatic carbocycles. The van der Waals surface area contributed by atoms with Gasteiger partial charge in [-0.1, -0.05) is 23.4 Å². The molecule has 0 fully saturated rings. The van der Waals surface area contributed by atoms with Crippen LogP contribution in [0.15, 0.2) is 18.2 Å². The zero-order valence-corrected chi connectivity index (χ0v) is 8.69. The summed E-state index contributed by atoms with van der Waals surface area (Å²) in [6, 6.07) is 3.93. The van der Waals surface area contributed by atoms with Crippen LogP contribution >= 0.6 is 11.6 Å². The van der Waals surface area contributed by atoms with Crippen molar-refractivity contribution in [2.45, 2.75) is 19.4 Å². The fraction of sp³-hybridized carbons (Fsp3) is 0.273. The van der Waals surface area contributed by atoms with Crippen LogP contribution in [0.3, 0.4) is 0 Å². The smallest absolute Gasteiger partial charge is 0.124 e. The predicted molar refractivity (Wildman–Crippen MR) is 54.6 cm³/mol. The zero-order chi connectivity index (χ0) is 10.8. The lowest BCUT2D eigenvalue weighted by atomic mass is 10.1. The minimum atomic E-state index is -1.10. The van der Waals surface area contributed by atoms with Crippen LogP contribution in [0.2, 0.25) is 5.02 Å². The van der Waals surface area contributed by atoms with E-state index in [0.29, 0.717) is 10.6 Å². The number of aliphatic hydroxyl groups is 1. The summed E-state index contributed by atoms with van der Waals surface area (Å²) in [5, 5.41) is 9.71. The van der Waals surface area contributed by atoms with E-state index in [-0.39, 0.29) is 0 Å². The summed E-state index contributed by atoms with van der Waals surface area (Å²) in [5.41, 5.74) is -0.718. The molecule has 0 amide bonds. The van der Waals surface area contributed by atoms with Crippen molar-refractivity contribution >= 4 is 11.6 Å². The second kappa shape index (κ2) is 4.00. The summed E-state index contributed by atoms with van der Waals surface area (Å²) in [6.45, 7) is 3.10. The van der Waals surface area contributed by atoms with Gasteiger partial charge in [-0.3, -0.25) is 0 Å². The van der Waals surface area contributed by atoms with Crippen LogP contribution in [0.1, 0.15) is 19.4 Å². The molecule has 1 rings (SSSR count). The van der Waals surface area contributed by atoms with Gasteiger partial charge in [0.1, 0.15) is 11.4 Å². The van der Waals surface area contributed by atoms with Crippen molar-refractivity contribution in [3.05, 3.63) is 34.6 Å². The highest BCUT2D eigenvalue weighted by Crippen LogP contribution is 2.16. The van der Waals surface area contributed by atoms with Crippen LogP contribution in [0.5, 0.6) is 0 Å². The van der Waals surface area contributed by atoms with E-state index in [1.54, 1.807) is 13.8 Å². The summed E-state index contributed by atoms with van der Waals surface area (Å²) in [4.78, 5) is 0. The average Bonchev–Trinajstić information content (AvgIpc) is 2.05. The fourth-order valence-electron chi connectivity index (χ4n) is 0.814. The van der Waals surface area contributed by atoms with Crippen LogP contribution in [0, 0.1) is 17.7 Å². The van der Waals surface area contributed by atoms with Crippen LogP contribution in [-0.4, -0.2) is 10.7 Å². The van der Waals surface area contributed by atoms with Gasteiger partial charge in [0.05, 0.1) is 5.02 Å². The van der Waals surface area contributed by atoms with Gasteiger partial charge in [-0.15, -0.1) is 0 Å². The lowest BCUT2D eigenvalue weighted by Gasteiger charge is -2.06. The molecule has 3 heteroatoms. The molecule has 0 saturated heterocycles. The highest BCUT2D eigenvalue weighted by Gasteiger charge is 2.06. The summed E-state index contributed by atoms with van der Waals surface area (Å²) < 4.78 is 12.8. The normalized spacial score (nSPS) is 10.6. The third-order valence-electron chi connectivity index (χ3n) is 1.43. The van der Waals surface area contributed by atoms with E-state index in [0.717, 1.165) is 0 Å². The molecule has 1 nitrogen and oxygen atoms in total. The van der Waals surface area contributed by atoms with Crippen LogP contribution < -0.4 is 0 Å². The summed E-state index contributed by atoms with van der Waals surface area (Å²) >= 11 is 5.77. The Balaban J connectivity index is 3.06. The van der Waals surface area contributed by atoms with Crippen molar-refractivity contribution in [2.24, 2.45) is 0 Å². The molecule has 14 heavy (non-hydrogen) atoms. The van der Waals surface area contributed by atoms with Gasteiger partial charge in [-0.25, -0.2) is 4.39 Å². The molecule has 1 aromatic rings. The largest absolute Gasteiger partial charge is 0.378 e. The van der Waals surface area contributed by atoms with E-state index in [1.807, 2.05) is 0 Å². The van der Waals surface area contributed by atoms with Crippen LogP contribution in [0.25, 0.3) is 0 Å². The first-order valence-corrected chi connectivity index (χ1v) is 4.47. The molecular weight excluding hydrogens is 203 g/mol. The molecule has 0 bridgehead atoms. The SMILES string of the molecule is CC(C)(O)C#Cc1cc(F)ccc1Cl. The summed E-state index contributed by atoms with van der Waals surface area (Å²) in [7, 11) is 0. The van der Waals surface area contributed by atoms with E-state index in [4.69, 9.17) is 11.6 Å². The third-order valence-corrected chi connectivity index (χ3v) is 1.76. The first kappa shape index (κ1) is 11.0. The van der Waals surface area contributed by atoms with Gasteiger partial charge in [0.2, 0.25) is 0 Å². The molecule has 0 aliphatic heterocycles. The molecular formula is C11H10ClFO. The van der Waals surface area contributed by atoms with Crippen molar-refractivity contribution in [1.82, 2.24) is 0 Å². The van der Waals surface area contributed by atoms with Gasteiger partial charge in [0.25, 0.3) is 0 Å². The second-order valence-corrected chi connectivity index (χ2v) is 3.84. The standard InChI is InChI=1S/C11H10ClFO/c1-11(2,14)6-5-8-7-9(13)3-4-10(8)12/h3-4,7,14H,1-2H3. The maximum Gasteiger partial charge on any atom is 0.124 e. The van der Waals surface area contributed by atoms with Crippen molar-refractivity contribution in [2.75, 3.05) is 0 Å². The minimum absolute atomic E-state index is 0.378. The number of hydrogen-bond donors (Lipinski definition) is 1. The van der Waals surface area contributed by atoms with Crippen LogP contribution in [-0.2, 0) is 0 Å². The quantitative estimate of drug-likeness (QED) is 0.656. The number of hydrogen-bond acceptors (Lipinski definition) is 1. The first-order chi connectivity index (χ1) is 6.38. The second-order valence-electron chi connectivity index (χ2n) is 3.43. The molecule has 0 atom stereocenters. The molecule has 0 radical (unpaired) electrons. The topological polar surface area (TPSA) is 20.2 Å². The van der Waals surface area contributed by atoms with Crippen molar-refractivity contribution in [3.8, 4) is 11.8 Å². The number of rotatable bonds is 0. The number of benzene rings is 1. The van der Waals surface area contributed by atoms with Gasteiger partial charge >= 0.3 is 0 Å². The molecule has 0 spiro atoms. The lowest BCUT2D eigenvalue weighted by molar-refractivity contribution is 0.143. The van der Waals surface area contributed by atoms with E-state index in [9.17, 15) is 9.50 Å². The Labute approximate surface area is 87.5 Å². The molecule has 0 unspecified atom stereocenters. The van der Waals surface area contributed by atoms with E-state index in [1.165, 1.54) is 18.2 Å². The Morgan fingerprint density at radius 1 is 1.43 bits per heavy atom. The molecule has 0 heterocycles. The molecule has 1 N–H and O–H groups in total. The van der Waals surface area contributed by atoms with E-state index in [2.05, 4.69) is 11.8 Å². The van der Waals surface area contributed by atoms with Gasteiger partial charge in [-0.05, 0) is 32.0 Å². The van der Waals surface area contributed by atoms with Crippen molar-refractivity contribution in [3.63, 3.8) is 0 Å².